The van der Waals surface area contributed by atoms with E-state index in [-0.39, 0.29) is 0 Å². The van der Waals surface area contributed by atoms with Crippen molar-refractivity contribution < 1.29 is 4.74 Å². The summed E-state index contributed by atoms with van der Waals surface area (Å²) < 4.78 is 7.97. The molecular weight excluding hydrogens is 486 g/mol. The van der Waals surface area contributed by atoms with Crippen LogP contribution in [-0.4, -0.2) is 43.6 Å². The quantitative estimate of drug-likeness (QED) is 0.293. The van der Waals surface area contributed by atoms with Crippen LogP contribution in [-0.2, 0) is 32.2 Å². The molecule has 200 valence electrons. The summed E-state index contributed by atoms with van der Waals surface area (Å²) in [6, 6.07) is 8.83. The van der Waals surface area contributed by atoms with Crippen molar-refractivity contribution in [2.24, 2.45) is 0 Å². The molecule has 1 N–H and O–H groups in total. The van der Waals surface area contributed by atoms with Gasteiger partial charge in [0.1, 0.15) is 11.3 Å². The second-order valence-electron chi connectivity index (χ2n) is 10.2. The number of methoxy groups -OCH3 is 1. The molecule has 4 heterocycles. The highest BCUT2D eigenvalue weighted by Gasteiger charge is 2.30. The summed E-state index contributed by atoms with van der Waals surface area (Å²) in [5.74, 6) is 1.58. The van der Waals surface area contributed by atoms with Gasteiger partial charge >= 0.3 is 0 Å². The maximum atomic E-state index is 5.76. The van der Waals surface area contributed by atoms with Crippen LogP contribution >= 0.6 is 0 Å². The van der Waals surface area contributed by atoms with Gasteiger partial charge in [-0.25, -0.2) is 14.6 Å². The molecule has 0 spiro atoms. The van der Waals surface area contributed by atoms with E-state index in [1.165, 1.54) is 22.4 Å². The fourth-order valence-electron chi connectivity index (χ4n) is 5.84. The summed E-state index contributed by atoms with van der Waals surface area (Å²) in [5.41, 5.74) is 11.4. The Balaban J connectivity index is 1.61. The first-order chi connectivity index (χ1) is 19.1. The molecule has 0 aliphatic carbocycles. The van der Waals surface area contributed by atoms with Crippen molar-refractivity contribution in [3.8, 4) is 22.7 Å². The lowest BCUT2D eigenvalue weighted by Crippen LogP contribution is -2.31. The van der Waals surface area contributed by atoms with Crippen LogP contribution in [0.3, 0.4) is 0 Å². The van der Waals surface area contributed by atoms with Gasteiger partial charge < -0.3 is 9.64 Å². The third-order valence-corrected chi connectivity index (χ3v) is 7.93. The molecule has 0 atom stereocenters. The molecule has 8 heteroatoms. The molecule has 39 heavy (non-hydrogen) atoms. The molecule has 0 unspecified atom stereocenters. The lowest BCUT2D eigenvalue weighted by molar-refractivity contribution is 0.416. The van der Waals surface area contributed by atoms with E-state index in [9.17, 15) is 0 Å². The maximum Gasteiger partial charge on any atom is 0.225 e. The van der Waals surface area contributed by atoms with Crippen LogP contribution in [0, 0.1) is 6.92 Å². The highest BCUT2D eigenvalue weighted by atomic mass is 16.5. The summed E-state index contributed by atoms with van der Waals surface area (Å²) in [7, 11) is 1.71. The van der Waals surface area contributed by atoms with Gasteiger partial charge in [-0.3, -0.25) is 5.10 Å². The smallest absolute Gasteiger partial charge is 0.225 e. The Kier molecular flexibility index (Phi) is 6.54. The summed E-state index contributed by atoms with van der Waals surface area (Å²) in [6.07, 6.45) is 9.39. The number of rotatable bonds is 7. The number of anilines is 1. The molecule has 0 bridgehead atoms. The number of nitrogens with zero attached hydrogens (tertiary/aromatic N) is 6. The number of hydrogen-bond acceptors (Lipinski definition) is 6. The number of benzene rings is 2. The zero-order valence-electron chi connectivity index (χ0n) is 23.4. The second kappa shape index (κ2) is 10.2. The first-order valence-corrected chi connectivity index (χ1v) is 13.9. The number of hydrogen-bond donors (Lipinski definition) is 1. The Morgan fingerprint density at radius 3 is 2.41 bits per heavy atom. The first-order valence-electron chi connectivity index (χ1n) is 13.9. The highest BCUT2D eigenvalue weighted by molar-refractivity contribution is 5.99. The number of aromatic amines is 1. The van der Waals surface area contributed by atoms with Crippen LogP contribution in [0.5, 0.6) is 5.75 Å². The van der Waals surface area contributed by atoms with Gasteiger partial charge in [-0.15, -0.1) is 0 Å². The van der Waals surface area contributed by atoms with E-state index in [1.807, 2.05) is 18.6 Å². The Labute approximate surface area is 229 Å². The Hall–Kier alpha value is -4.20. The number of fused-ring (bicyclic) bond motifs is 2. The van der Waals surface area contributed by atoms with Gasteiger partial charge in [0.25, 0.3) is 0 Å². The van der Waals surface area contributed by atoms with Gasteiger partial charge in [-0.2, -0.15) is 10.2 Å². The van der Waals surface area contributed by atoms with Crippen LogP contribution in [0.2, 0.25) is 0 Å². The summed E-state index contributed by atoms with van der Waals surface area (Å²) >= 11 is 0. The molecular formula is C31H35N7O. The summed E-state index contributed by atoms with van der Waals surface area (Å²) in [6.45, 7) is 10.2. The van der Waals surface area contributed by atoms with Gasteiger partial charge in [0.15, 0.2) is 0 Å². The maximum absolute atomic E-state index is 5.76. The minimum atomic E-state index is 0.691. The van der Waals surface area contributed by atoms with Crippen molar-refractivity contribution in [2.45, 2.75) is 59.9 Å². The number of para-hydroxylation sites is 1. The van der Waals surface area contributed by atoms with Crippen molar-refractivity contribution >= 4 is 16.9 Å². The predicted octanol–water partition coefficient (Wildman–Crippen LogP) is 5.77. The summed E-state index contributed by atoms with van der Waals surface area (Å²) in [4.78, 5) is 11.7. The van der Waals surface area contributed by atoms with Crippen LogP contribution in [0.1, 0.15) is 54.3 Å². The molecule has 2 aromatic carbocycles. The number of aromatic nitrogens is 6. The molecule has 1 aliphatic heterocycles. The SMILES string of the molecule is CCc1cnc(N2CCc3nn(-c4c(CC)cccc4CC)c(-c4cc(C)c(OC)c5[nH]ncc45)c3C2)nc1. The lowest BCUT2D eigenvalue weighted by atomic mass is 9.96. The van der Waals surface area contributed by atoms with E-state index in [1.54, 1.807) is 7.11 Å². The van der Waals surface area contributed by atoms with Gasteiger partial charge in [0, 0.05) is 48.4 Å². The first kappa shape index (κ1) is 25.1. The topological polar surface area (TPSA) is 84.8 Å². The molecule has 8 nitrogen and oxygen atoms in total. The molecule has 0 amide bonds. The number of aryl methyl sites for hydroxylation is 4. The standard InChI is InChI=1S/C31H35N7O/c1-6-20-15-32-31(33-16-20)37-13-12-26-25(18-37)29(23-14-19(4)30(39-5)27-24(23)17-34-35-27)38(36-26)28-21(7-2)10-9-11-22(28)8-3/h9-11,14-17H,6-8,12-13,18H2,1-5H3,(H,34,35). The molecule has 0 saturated heterocycles. The van der Waals surface area contributed by atoms with Crippen LogP contribution < -0.4 is 9.64 Å². The van der Waals surface area contributed by atoms with Gasteiger partial charge in [0.05, 0.1) is 30.4 Å². The van der Waals surface area contributed by atoms with E-state index >= 15 is 0 Å². The Bertz CT molecular complexity index is 1630. The van der Waals surface area contributed by atoms with E-state index in [4.69, 9.17) is 19.8 Å². The zero-order valence-corrected chi connectivity index (χ0v) is 23.4. The fourth-order valence-corrected chi connectivity index (χ4v) is 5.84. The molecule has 6 rings (SSSR count). The van der Waals surface area contributed by atoms with Crippen molar-refractivity contribution in [2.75, 3.05) is 18.6 Å². The average Bonchev–Trinajstić information content (AvgIpc) is 3.61. The largest absolute Gasteiger partial charge is 0.494 e. The fraction of sp³-hybridized carbons (Fsp3) is 0.355. The molecule has 0 saturated carbocycles. The van der Waals surface area contributed by atoms with Gasteiger partial charge in [-0.05, 0) is 54.5 Å². The van der Waals surface area contributed by atoms with Crippen molar-refractivity contribution in [3.63, 3.8) is 0 Å². The van der Waals surface area contributed by atoms with Crippen LogP contribution in [0.15, 0.2) is 42.9 Å². The van der Waals surface area contributed by atoms with Crippen molar-refractivity contribution in [3.05, 3.63) is 76.4 Å². The molecule has 3 aromatic heterocycles. The molecule has 0 fully saturated rings. The van der Waals surface area contributed by atoms with Crippen molar-refractivity contribution in [1.82, 2.24) is 29.9 Å². The normalized spacial score (nSPS) is 13.2. The monoisotopic (exact) mass is 521 g/mol. The second-order valence-corrected chi connectivity index (χ2v) is 10.2. The minimum Gasteiger partial charge on any atom is -0.494 e. The van der Waals surface area contributed by atoms with Crippen molar-refractivity contribution in [1.29, 1.82) is 0 Å². The third kappa shape index (κ3) is 4.15. The highest BCUT2D eigenvalue weighted by Crippen LogP contribution is 2.41. The average molecular weight is 522 g/mol. The van der Waals surface area contributed by atoms with E-state index in [0.717, 1.165) is 82.9 Å². The van der Waals surface area contributed by atoms with E-state index in [2.05, 4.69) is 71.7 Å². The summed E-state index contributed by atoms with van der Waals surface area (Å²) in [5, 5.41) is 13.9. The lowest BCUT2D eigenvalue weighted by Gasteiger charge is -2.27. The van der Waals surface area contributed by atoms with Gasteiger partial charge in [0.2, 0.25) is 5.95 Å². The number of H-pyrrole nitrogens is 1. The molecule has 0 radical (unpaired) electrons. The van der Waals surface area contributed by atoms with E-state index in [0.29, 0.717) is 6.54 Å². The Morgan fingerprint density at radius 1 is 1.00 bits per heavy atom. The van der Waals surface area contributed by atoms with Crippen LogP contribution in [0.25, 0.3) is 27.8 Å². The number of ether oxygens (including phenoxy) is 1. The van der Waals surface area contributed by atoms with Gasteiger partial charge in [-0.1, -0.05) is 39.0 Å². The minimum absolute atomic E-state index is 0.691. The number of nitrogens with one attached hydrogen (secondary N) is 1. The zero-order chi connectivity index (χ0) is 27.1. The predicted molar refractivity (Wildman–Crippen MR) is 155 cm³/mol. The molecule has 5 aromatic rings. The molecule has 1 aliphatic rings. The Morgan fingerprint density at radius 2 is 1.74 bits per heavy atom. The van der Waals surface area contributed by atoms with E-state index < -0.39 is 0 Å². The third-order valence-electron chi connectivity index (χ3n) is 7.93. The van der Waals surface area contributed by atoms with Crippen LogP contribution in [0.4, 0.5) is 5.95 Å².